The van der Waals surface area contributed by atoms with Crippen LogP contribution >= 0.6 is 0 Å². The van der Waals surface area contributed by atoms with E-state index in [1.807, 2.05) is 30.3 Å². The fraction of sp³-hybridized carbons (Fsp3) is 0.300. The van der Waals surface area contributed by atoms with Crippen molar-refractivity contribution in [2.24, 2.45) is 4.99 Å². The SMILES string of the molecule is Oc1ccccc1C=Nc1nc2ccccc2n1CCN1CCOCC1. The third-order valence-corrected chi connectivity index (χ3v) is 4.63. The average molecular weight is 350 g/mol. The van der Waals surface area contributed by atoms with Crippen LogP contribution in [0.3, 0.4) is 0 Å². The highest BCUT2D eigenvalue weighted by Gasteiger charge is 2.13. The highest BCUT2D eigenvalue weighted by atomic mass is 16.5. The molecule has 2 heterocycles. The summed E-state index contributed by atoms with van der Waals surface area (Å²) in [5.74, 6) is 0.870. The monoisotopic (exact) mass is 350 g/mol. The number of aromatic hydroxyl groups is 1. The first-order valence-electron chi connectivity index (χ1n) is 8.89. The van der Waals surface area contributed by atoms with Crippen molar-refractivity contribution in [2.75, 3.05) is 32.8 Å². The minimum absolute atomic E-state index is 0.215. The summed E-state index contributed by atoms with van der Waals surface area (Å²) in [6, 6.07) is 15.2. The quantitative estimate of drug-likeness (QED) is 0.719. The lowest BCUT2D eigenvalue weighted by atomic mass is 10.2. The van der Waals surface area contributed by atoms with Crippen molar-refractivity contribution in [2.45, 2.75) is 6.54 Å². The normalized spacial score (nSPS) is 15.8. The van der Waals surface area contributed by atoms with Gasteiger partial charge in [-0.15, -0.1) is 0 Å². The van der Waals surface area contributed by atoms with E-state index in [1.165, 1.54) is 0 Å². The molecule has 0 aliphatic carbocycles. The van der Waals surface area contributed by atoms with Gasteiger partial charge in [0.05, 0.1) is 24.2 Å². The van der Waals surface area contributed by atoms with Crippen LogP contribution in [0.2, 0.25) is 0 Å². The number of ether oxygens (including phenoxy) is 1. The van der Waals surface area contributed by atoms with Crippen molar-refractivity contribution in [3.05, 3.63) is 54.1 Å². The van der Waals surface area contributed by atoms with Gasteiger partial charge < -0.3 is 14.4 Å². The maximum Gasteiger partial charge on any atom is 0.230 e. The Hall–Kier alpha value is -2.70. The van der Waals surface area contributed by atoms with Crippen LogP contribution in [0, 0.1) is 0 Å². The van der Waals surface area contributed by atoms with E-state index in [-0.39, 0.29) is 5.75 Å². The van der Waals surface area contributed by atoms with Gasteiger partial charge in [0.1, 0.15) is 5.75 Å². The third-order valence-electron chi connectivity index (χ3n) is 4.63. The standard InChI is InChI=1S/C20H22N4O2/c25-19-8-4-1-5-16(19)15-21-20-22-17-6-2-3-7-18(17)24(20)10-9-23-11-13-26-14-12-23/h1-8,15,25H,9-14H2. The van der Waals surface area contributed by atoms with Crippen LogP contribution < -0.4 is 0 Å². The second-order valence-corrected chi connectivity index (χ2v) is 6.32. The Balaban J connectivity index is 1.62. The minimum atomic E-state index is 0.215. The van der Waals surface area contributed by atoms with Crippen molar-refractivity contribution in [1.82, 2.24) is 14.5 Å². The molecule has 0 bridgehead atoms. The molecule has 1 fully saturated rings. The number of phenols is 1. The van der Waals surface area contributed by atoms with Crippen molar-refractivity contribution in [3.63, 3.8) is 0 Å². The van der Waals surface area contributed by atoms with E-state index in [0.29, 0.717) is 11.5 Å². The number of benzene rings is 2. The predicted octanol–water partition coefficient (Wildman–Crippen LogP) is 2.82. The number of hydrogen-bond donors (Lipinski definition) is 1. The molecular formula is C20H22N4O2. The Bertz CT molecular complexity index is 913. The maximum absolute atomic E-state index is 9.93. The lowest BCUT2D eigenvalue weighted by Gasteiger charge is -2.26. The molecule has 0 spiro atoms. The van der Waals surface area contributed by atoms with Crippen LogP contribution in [-0.4, -0.2) is 58.6 Å². The van der Waals surface area contributed by atoms with E-state index in [9.17, 15) is 5.11 Å². The Morgan fingerprint density at radius 2 is 1.81 bits per heavy atom. The first-order valence-corrected chi connectivity index (χ1v) is 8.89. The molecule has 0 atom stereocenters. The molecule has 134 valence electrons. The van der Waals surface area contributed by atoms with Crippen molar-refractivity contribution in [1.29, 1.82) is 0 Å². The number of hydrogen-bond acceptors (Lipinski definition) is 5. The molecule has 6 heteroatoms. The van der Waals surface area contributed by atoms with Gasteiger partial charge in [0, 0.05) is 38.0 Å². The summed E-state index contributed by atoms with van der Waals surface area (Å²) in [6.07, 6.45) is 1.67. The Labute approximate surface area is 152 Å². The molecule has 1 aromatic heterocycles. The van der Waals surface area contributed by atoms with Gasteiger partial charge in [-0.1, -0.05) is 24.3 Å². The van der Waals surface area contributed by atoms with Crippen molar-refractivity contribution < 1.29 is 9.84 Å². The zero-order valence-corrected chi connectivity index (χ0v) is 14.6. The van der Waals surface area contributed by atoms with Gasteiger partial charge in [0.15, 0.2) is 0 Å². The zero-order chi connectivity index (χ0) is 17.8. The minimum Gasteiger partial charge on any atom is -0.507 e. The Morgan fingerprint density at radius 3 is 2.65 bits per heavy atom. The third kappa shape index (κ3) is 3.61. The molecule has 1 aliphatic heterocycles. The van der Waals surface area contributed by atoms with E-state index in [1.54, 1.807) is 18.3 Å². The molecule has 1 aliphatic rings. The number of fused-ring (bicyclic) bond motifs is 1. The zero-order valence-electron chi connectivity index (χ0n) is 14.6. The second kappa shape index (κ2) is 7.68. The van der Waals surface area contributed by atoms with Gasteiger partial charge in [0.2, 0.25) is 5.95 Å². The van der Waals surface area contributed by atoms with Crippen LogP contribution in [0.4, 0.5) is 5.95 Å². The number of para-hydroxylation sites is 3. The molecule has 0 saturated carbocycles. The number of imidazole rings is 1. The first-order chi connectivity index (χ1) is 12.8. The molecule has 6 nitrogen and oxygen atoms in total. The number of phenolic OH excluding ortho intramolecular Hbond substituents is 1. The number of aromatic nitrogens is 2. The summed E-state index contributed by atoms with van der Waals surface area (Å²) in [7, 11) is 0. The smallest absolute Gasteiger partial charge is 0.230 e. The topological polar surface area (TPSA) is 62.9 Å². The first kappa shape index (κ1) is 16.8. The van der Waals surface area contributed by atoms with Crippen LogP contribution in [0.1, 0.15) is 5.56 Å². The van der Waals surface area contributed by atoms with Gasteiger partial charge in [-0.2, -0.15) is 0 Å². The molecule has 0 amide bonds. The van der Waals surface area contributed by atoms with Gasteiger partial charge in [-0.3, -0.25) is 4.90 Å². The number of aliphatic imine (C=N–C) groups is 1. The molecular weight excluding hydrogens is 328 g/mol. The summed E-state index contributed by atoms with van der Waals surface area (Å²) in [6.45, 7) is 5.26. The van der Waals surface area contributed by atoms with E-state index < -0.39 is 0 Å². The predicted molar refractivity (Wildman–Crippen MR) is 102 cm³/mol. The maximum atomic E-state index is 9.93. The van der Waals surface area contributed by atoms with Crippen LogP contribution in [0.25, 0.3) is 11.0 Å². The summed E-state index contributed by atoms with van der Waals surface area (Å²) in [5.41, 5.74) is 2.68. The summed E-state index contributed by atoms with van der Waals surface area (Å²) >= 11 is 0. The van der Waals surface area contributed by atoms with Gasteiger partial charge in [-0.25, -0.2) is 9.98 Å². The molecule has 0 radical (unpaired) electrons. The van der Waals surface area contributed by atoms with Gasteiger partial charge in [-0.05, 0) is 24.3 Å². The van der Waals surface area contributed by atoms with E-state index in [2.05, 4.69) is 25.5 Å². The largest absolute Gasteiger partial charge is 0.507 e. The van der Waals surface area contributed by atoms with Crippen LogP contribution in [0.15, 0.2) is 53.5 Å². The summed E-state index contributed by atoms with van der Waals surface area (Å²) < 4.78 is 7.56. The highest BCUT2D eigenvalue weighted by molar-refractivity contribution is 5.86. The molecule has 1 saturated heterocycles. The molecule has 26 heavy (non-hydrogen) atoms. The van der Waals surface area contributed by atoms with E-state index in [4.69, 9.17) is 4.74 Å². The van der Waals surface area contributed by atoms with Crippen molar-refractivity contribution >= 4 is 23.2 Å². The molecule has 1 N–H and O–H groups in total. The summed E-state index contributed by atoms with van der Waals surface area (Å²) in [4.78, 5) is 11.6. The number of morpholine rings is 1. The fourth-order valence-corrected chi connectivity index (χ4v) is 3.17. The Morgan fingerprint density at radius 1 is 1.04 bits per heavy atom. The number of nitrogens with zero attached hydrogens (tertiary/aromatic N) is 4. The molecule has 0 unspecified atom stereocenters. The number of rotatable bonds is 5. The average Bonchev–Trinajstić information content (AvgIpc) is 3.04. The van der Waals surface area contributed by atoms with E-state index in [0.717, 1.165) is 50.4 Å². The highest BCUT2D eigenvalue weighted by Crippen LogP contribution is 2.22. The molecule has 4 rings (SSSR count). The molecule has 2 aromatic carbocycles. The van der Waals surface area contributed by atoms with Gasteiger partial charge in [0.25, 0.3) is 0 Å². The summed E-state index contributed by atoms with van der Waals surface area (Å²) in [5, 5.41) is 9.93. The van der Waals surface area contributed by atoms with E-state index >= 15 is 0 Å². The van der Waals surface area contributed by atoms with Crippen molar-refractivity contribution in [3.8, 4) is 5.75 Å². The van der Waals surface area contributed by atoms with Crippen LogP contribution in [0.5, 0.6) is 5.75 Å². The van der Waals surface area contributed by atoms with Crippen LogP contribution in [-0.2, 0) is 11.3 Å². The lowest BCUT2D eigenvalue weighted by Crippen LogP contribution is -2.38. The molecule has 3 aromatic rings. The fourth-order valence-electron chi connectivity index (χ4n) is 3.17. The second-order valence-electron chi connectivity index (χ2n) is 6.32. The van der Waals surface area contributed by atoms with Gasteiger partial charge >= 0.3 is 0 Å². The Kier molecular flexibility index (Phi) is 4.95. The lowest BCUT2D eigenvalue weighted by molar-refractivity contribution is 0.0366.